The van der Waals surface area contributed by atoms with Crippen LogP contribution in [0.4, 0.5) is 5.69 Å². The largest absolute Gasteiger partial charge is 0.484 e. The van der Waals surface area contributed by atoms with Gasteiger partial charge in [0.05, 0.1) is 16.3 Å². The Labute approximate surface area is 193 Å². The zero-order valence-corrected chi connectivity index (χ0v) is 18.2. The Bertz CT molecular complexity index is 1120. The first-order chi connectivity index (χ1) is 14.9. The fourth-order valence-electron chi connectivity index (χ4n) is 2.43. The van der Waals surface area contributed by atoms with E-state index in [-0.39, 0.29) is 18.4 Å². The molecule has 0 atom stereocenters. The fraction of sp³-hybridized carbons (Fsp3) is 0.0455. The molecule has 0 unspecified atom stereocenters. The molecule has 0 aromatic heterocycles. The third-order valence-electron chi connectivity index (χ3n) is 3.92. The molecule has 0 saturated heterocycles. The monoisotopic (exact) mass is 475 g/mol. The van der Waals surface area contributed by atoms with Crippen LogP contribution < -0.4 is 15.5 Å². The minimum absolute atomic E-state index is 0.177. The smallest absolute Gasteiger partial charge is 0.271 e. The standard InChI is InChI=1S/C22H16Cl3N3O3/c23-16-3-1-2-15(10-16)22(30)28-26-12-14-4-7-18(8-5-14)31-13-21(29)27-17-6-9-19(24)20(25)11-17/h1-12H,13H2,(H,27,29)(H,28,30)/b26-12-. The predicted octanol–water partition coefficient (Wildman–Crippen LogP) is 5.43. The van der Waals surface area contributed by atoms with Crippen molar-refractivity contribution in [1.82, 2.24) is 5.43 Å². The molecule has 0 aliphatic carbocycles. The van der Waals surface area contributed by atoms with Gasteiger partial charge in [0.2, 0.25) is 0 Å². The lowest BCUT2D eigenvalue weighted by molar-refractivity contribution is -0.118. The molecular weight excluding hydrogens is 461 g/mol. The van der Waals surface area contributed by atoms with Gasteiger partial charge in [0.15, 0.2) is 6.61 Å². The average Bonchev–Trinajstić information content (AvgIpc) is 2.76. The number of nitrogens with one attached hydrogen (secondary N) is 2. The molecule has 2 N–H and O–H groups in total. The van der Waals surface area contributed by atoms with E-state index in [1.165, 1.54) is 6.21 Å². The van der Waals surface area contributed by atoms with Gasteiger partial charge < -0.3 is 10.1 Å². The zero-order valence-electron chi connectivity index (χ0n) is 15.9. The van der Waals surface area contributed by atoms with Crippen molar-refractivity contribution in [3.8, 4) is 5.75 Å². The predicted molar refractivity (Wildman–Crippen MR) is 124 cm³/mol. The molecule has 3 aromatic carbocycles. The van der Waals surface area contributed by atoms with E-state index >= 15 is 0 Å². The number of carbonyl (C=O) groups is 2. The first-order valence-corrected chi connectivity index (χ1v) is 10.1. The van der Waals surface area contributed by atoms with E-state index < -0.39 is 0 Å². The quantitative estimate of drug-likeness (QED) is 0.352. The maximum absolute atomic E-state index is 12.0. The molecule has 2 amide bonds. The highest BCUT2D eigenvalue weighted by atomic mass is 35.5. The van der Waals surface area contributed by atoms with Gasteiger partial charge in [-0.25, -0.2) is 5.43 Å². The second kappa shape index (κ2) is 10.8. The summed E-state index contributed by atoms with van der Waals surface area (Å²) in [5.74, 6) is -0.205. The normalized spacial score (nSPS) is 10.7. The van der Waals surface area contributed by atoms with Crippen LogP contribution in [0.25, 0.3) is 0 Å². The molecule has 6 nitrogen and oxygen atoms in total. The highest BCUT2D eigenvalue weighted by Gasteiger charge is 2.06. The van der Waals surface area contributed by atoms with Crippen LogP contribution in [0.15, 0.2) is 71.8 Å². The number of hydrazone groups is 1. The number of anilines is 1. The van der Waals surface area contributed by atoms with E-state index in [1.807, 2.05) is 0 Å². The molecule has 0 aliphatic heterocycles. The second-order valence-corrected chi connectivity index (χ2v) is 7.50. The lowest BCUT2D eigenvalue weighted by Crippen LogP contribution is -2.20. The molecule has 9 heteroatoms. The number of amides is 2. The number of nitrogens with zero attached hydrogens (tertiary/aromatic N) is 1. The van der Waals surface area contributed by atoms with Gasteiger partial charge in [-0.2, -0.15) is 5.10 Å². The first-order valence-electron chi connectivity index (χ1n) is 8.97. The van der Waals surface area contributed by atoms with E-state index in [4.69, 9.17) is 39.5 Å². The van der Waals surface area contributed by atoms with Gasteiger partial charge in [0.25, 0.3) is 11.8 Å². The molecule has 0 radical (unpaired) electrons. The summed E-state index contributed by atoms with van der Waals surface area (Å²) in [4.78, 5) is 24.0. The molecule has 0 fully saturated rings. The second-order valence-electron chi connectivity index (χ2n) is 6.24. The molecule has 31 heavy (non-hydrogen) atoms. The lowest BCUT2D eigenvalue weighted by Gasteiger charge is -2.08. The Kier molecular flexibility index (Phi) is 7.89. The summed E-state index contributed by atoms with van der Waals surface area (Å²) in [6, 6.07) is 18.2. The molecule has 0 heterocycles. The van der Waals surface area contributed by atoms with E-state index in [2.05, 4.69) is 15.8 Å². The van der Waals surface area contributed by atoms with Gasteiger partial charge >= 0.3 is 0 Å². The summed E-state index contributed by atoms with van der Waals surface area (Å²) in [6.07, 6.45) is 1.49. The average molecular weight is 477 g/mol. The van der Waals surface area contributed by atoms with Crippen LogP contribution in [-0.2, 0) is 4.79 Å². The van der Waals surface area contributed by atoms with E-state index in [1.54, 1.807) is 66.7 Å². The van der Waals surface area contributed by atoms with E-state index in [0.717, 1.165) is 5.56 Å². The number of benzene rings is 3. The summed E-state index contributed by atoms with van der Waals surface area (Å²) in [5.41, 5.74) is 4.10. The maximum atomic E-state index is 12.0. The van der Waals surface area contributed by atoms with Gasteiger partial charge in [-0.15, -0.1) is 0 Å². The van der Waals surface area contributed by atoms with Gasteiger partial charge in [-0.05, 0) is 66.2 Å². The minimum atomic E-state index is -0.369. The van der Waals surface area contributed by atoms with Crippen molar-refractivity contribution in [3.63, 3.8) is 0 Å². The van der Waals surface area contributed by atoms with Crippen LogP contribution in [0, 0.1) is 0 Å². The number of hydrogen-bond acceptors (Lipinski definition) is 4. The highest BCUT2D eigenvalue weighted by molar-refractivity contribution is 6.42. The maximum Gasteiger partial charge on any atom is 0.271 e. The van der Waals surface area contributed by atoms with Gasteiger partial charge in [0, 0.05) is 16.3 Å². The molecule has 3 rings (SSSR count). The fourth-order valence-corrected chi connectivity index (χ4v) is 2.92. The summed E-state index contributed by atoms with van der Waals surface area (Å²) in [7, 11) is 0. The van der Waals surface area contributed by atoms with Crippen molar-refractivity contribution in [3.05, 3.63) is 92.9 Å². The summed E-state index contributed by atoms with van der Waals surface area (Å²) in [6.45, 7) is -0.177. The third-order valence-corrected chi connectivity index (χ3v) is 4.89. The van der Waals surface area contributed by atoms with E-state index in [0.29, 0.717) is 32.1 Å². The van der Waals surface area contributed by atoms with Crippen molar-refractivity contribution in [2.75, 3.05) is 11.9 Å². The Morgan fingerprint density at radius 2 is 1.71 bits per heavy atom. The number of halogens is 3. The number of hydrogen-bond donors (Lipinski definition) is 2. The number of rotatable bonds is 7. The van der Waals surface area contributed by atoms with Gasteiger partial charge in [0.1, 0.15) is 5.75 Å². The van der Waals surface area contributed by atoms with Crippen LogP contribution in [0.1, 0.15) is 15.9 Å². The van der Waals surface area contributed by atoms with Crippen LogP contribution in [0.2, 0.25) is 15.1 Å². The topological polar surface area (TPSA) is 79.8 Å². The first kappa shape index (κ1) is 22.6. The van der Waals surface area contributed by atoms with Crippen LogP contribution in [0.5, 0.6) is 5.75 Å². The SMILES string of the molecule is O=C(COc1ccc(/C=N\NC(=O)c2cccc(Cl)c2)cc1)Nc1ccc(Cl)c(Cl)c1. The summed E-state index contributed by atoms with van der Waals surface area (Å²) < 4.78 is 5.46. The van der Waals surface area contributed by atoms with Crippen molar-refractivity contribution >= 4 is 58.5 Å². The third kappa shape index (κ3) is 7.00. The molecule has 0 spiro atoms. The Hall–Kier alpha value is -3.06. The van der Waals surface area contributed by atoms with Gasteiger partial charge in [-0.1, -0.05) is 40.9 Å². The zero-order chi connectivity index (χ0) is 22.2. The van der Waals surface area contributed by atoms with Gasteiger partial charge in [-0.3, -0.25) is 9.59 Å². The number of ether oxygens (including phenoxy) is 1. The summed E-state index contributed by atoms with van der Waals surface area (Å²) >= 11 is 17.6. The molecule has 3 aromatic rings. The van der Waals surface area contributed by atoms with Crippen LogP contribution in [0.3, 0.4) is 0 Å². The minimum Gasteiger partial charge on any atom is -0.484 e. The van der Waals surface area contributed by atoms with Crippen LogP contribution in [-0.4, -0.2) is 24.6 Å². The van der Waals surface area contributed by atoms with Crippen molar-refractivity contribution < 1.29 is 14.3 Å². The molecule has 0 bridgehead atoms. The van der Waals surface area contributed by atoms with Crippen molar-refractivity contribution in [1.29, 1.82) is 0 Å². The lowest BCUT2D eigenvalue weighted by atomic mass is 10.2. The Morgan fingerprint density at radius 3 is 2.42 bits per heavy atom. The molecular formula is C22H16Cl3N3O3. The molecule has 158 valence electrons. The van der Waals surface area contributed by atoms with E-state index in [9.17, 15) is 9.59 Å². The van der Waals surface area contributed by atoms with Crippen molar-refractivity contribution in [2.45, 2.75) is 0 Å². The Morgan fingerprint density at radius 1 is 0.935 bits per heavy atom. The number of carbonyl (C=O) groups excluding carboxylic acids is 2. The Balaban J connectivity index is 1.47. The summed E-state index contributed by atoms with van der Waals surface area (Å²) in [5, 5.41) is 7.81. The highest BCUT2D eigenvalue weighted by Crippen LogP contribution is 2.25. The molecule has 0 aliphatic rings. The van der Waals surface area contributed by atoms with Crippen LogP contribution >= 0.6 is 34.8 Å². The van der Waals surface area contributed by atoms with Crippen molar-refractivity contribution in [2.24, 2.45) is 5.10 Å². The molecule has 0 saturated carbocycles.